The van der Waals surface area contributed by atoms with E-state index in [1.165, 1.54) is 6.42 Å². The van der Waals surface area contributed by atoms with Crippen molar-refractivity contribution in [3.05, 3.63) is 0 Å². The molecule has 0 aliphatic heterocycles. The van der Waals surface area contributed by atoms with E-state index in [1.54, 1.807) is 0 Å². The molecule has 0 radical (unpaired) electrons. The van der Waals surface area contributed by atoms with Gasteiger partial charge in [0.1, 0.15) is 0 Å². The molecular formula is C16H26O2. The zero-order valence-electron chi connectivity index (χ0n) is 12.0. The lowest BCUT2D eigenvalue weighted by Crippen LogP contribution is -2.32. The maximum atomic E-state index is 10.2. The van der Waals surface area contributed by atoms with Crippen molar-refractivity contribution in [2.45, 2.75) is 58.3 Å². The predicted octanol–water partition coefficient (Wildman–Crippen LogP) is 2.70. The molecule has 2 nitrogen and oxygen atoms in total. The second kappa shape index (κ2) is 3.32. The molecule has 0 amide bonds. The standard InChI is InChI=1S/C16H26O2/c1-7-5-8-11-9(6-10(7)17)13-12(8)14(13)15(11)18-16(2,3)4/h7-15,17H,5-6H2,1-4H3/t7-,8-,9+,10-,11-,12+,13-,14+,15-/m1/s1. The van der Waals surface area contributed by atoms with Gasteiger partial charge in [-0.25, -0.2) is 0 Å². The Balaban J connectivity index is 1.61. The highest BCUT2D eigenvalue weighted by Gasteiger charge is 2.78. The molecule has 0 heterocycles. The fourth-order valence-corrected chi connectivity index (χ4v) is 5.83. The summed E-state index contributed by atoms with van der Waals surface area (Å²) in [7, 11) is 0. The van der Waals surface area contributed by atoms with E-state index in [9.17, 15) is 5.11 Å². The molecule has 2 heteroatoms. The maximum Gasteiger partial charge on any atom is 0.0649 e. The first kappa shape index (κ1) is 11.7. The SMILES string of the molecule is C[C@@H]1C[C@@H]2[C@@H]3[C@H](C[C@H]1O)[C@@H]1[C@H]2[C@@H]1[C@@H]3OC(C)(C)C. The number of hydrogen-bond acceptors (Lipinski definition) is 2. The van der Waals surface area contributed by atoms with Gasteiger partial charge < -0.3 is 9.84 Å². The third kappa shape index (κ3) is 1.37. The molecule has 0 aromatic rings. The Morgan fingerprint density at radius 3 is 2.17 bits per heavy atom. The third-order valence-electron chi connectivity index (χ3n) is 6.23. The third-order valence-corrected chi connectivity index (χ3v) is 6.23. The van der Waals surface area contributed by atoms with Gasteiger partial charge in [0.25, 0.3) is 0 Å². The van der Waals surface area contributed by atoms with Crippen molar-refractivity contribution in [3.63, 3.8) is 0 Å². The van der Waals surface area contributed by atoms with Crippen LogP contribution < -0.4 is 0 Å². The average Bonchev–Trinajstić information content (AvgIpc) is 2.71. The lowest BCUT2D eigenvalue weighted by Gasteiger charge is -2.30. The summed E-state index contributed by atoms with van der Waals surface area (Å²) in [6.45, 7) is 8.78. The Kier molecular flexibility index (Phi) is 2.16. The van der Waals surface area contributed by atoms with Gasteiger partial charge in [0.15, 0.2) is 0 Å². The predicted molar refractivity (Wildman–Crippen MR) is 70.0 cm³/mol. The Labute approximate surface area is 110 Å². The quantitative estimate of drug-likeness (QED) is 0.775. The van der Waals surface area contributed by atoms with E-state index < -0.39 is 0 Å². The van der Waals surface area contributed by atoms with Crippen LogP contribution in [0.1, 0.15) is 40.5 Å². The molecule has 1 N–H and O–H groups in total. The van der Waals surface area contributed by atoms with Crippen molar-refractivity contribution in [1.82, 2.24) is 0 Å². The lowest BCUT2D eigenvalue weighted by molar-refractivity contribution is -0.0834. The van der Waals surface area contributed by atoms with Gasteiger partial charge in [-0.05, 0) is 75.0 Å². The second-order valence-electron chi connectivity index (χ2n) is 8.35. The van der Waals surface area contributed by atoms with Crippen molar-refractivity contribution in [2.24, 2.45) is 41.4 Å². The van der Waals surface area contributed by atoms with Crippen LogP contribution in [0.4, 0.5) is 0 Å². The molecule has 5 fully saturated rings. The van der Waals surface area contributed by atoms with E-state index in [2.05, 4.69) is 27.7 Å². The van der Waals surface area contributed by atoms with E-state index in [-0.39, 0.29) is 11.7 Å². The molecule has 5 aliphatic carbocycles. The smallest absolute Gasteiger partial charge is 0.0649 e. The second-order valence-corrected chi connectivity index (χ2v) is 8.35. The summed E-state index contributed by atoms with van der Waals surface area (Å²) in [6, 6.07) is 0. The van der Waals surface area contributed by atoms with Gasteiger partial charge in [-0.1, -0.05) is 6.92 Å². The van der Waals surface area contributed by atoms with Gasteiger partial charge in [-0.15, -0.1) is 0 Å². The number of aliphatic hydroxyl groups excluding tert-OH is 1. The first-order valence-electron chi connectivity index (χ1n) is 7.74. The minimum atomic E-state index is -0.0573. The number of aliphatic hydroxyl groups is 1. The van der Waals surface area contributed by atoms with Crippen molar-refractivity contribution >= 4 is 0 Å². The van der Waals surface area contributed by atoms with Crippen LogP contribution in [0.15, 0.2) is 0 Å². The Morgan fingerprint density at radius 1 is 0.944 bits per heavy atom. The van der Waals surface area contributed by atoms with Gasteiger partial charge in [0.05, 0.1) is 17.8 Å². The first-order chi connectivity index (χ1) is 8.38. The summed E-state index contributed by atoms with van der Waals surface area (Å²) in [5.74, 6) is 5.63. The van der Waals surface area contributed by atoms with Crippen LogP contribution in [-0.4, -0.2) is 22.9 Å². The summed E-state index contributed by atoms with van der Waals surface area (Å²) < 4.78 is 6.39. The van der Waals surface area contributed by atoms with E-state index in [1.807, 2.05) is 0 Å². The summed E-state index contributed by atoms with van der Waals surface area (Å²) in [4.78, 5) is 0. The van der Waals surface area contributed by atoms with Crippen LogP contribution in [0.25, 0.3) is 0 Å². The highest BCUT2D eigenvalue weighted by atomic mass is 16.5. The molecular weight excluding hydrogens is 224 g/mol. The summed E-state index contributed by atoms with van der Waals surface area (Å²) in [5.41, 5.74) is -0.0112. The highest BCUT2D eigenvalue weighted by Crippen LogP contribution is 2.79. The molecule has 0 aromatic heterocycles. The number of ether oxygens (including phenoxy) is 1. The lowest BCUT2D eigenvalue weighted by atomic mass is 9.88. The van der Waals surface area contributed by atoms with E-state index in [0.717, 1.165) is 41.9 Å². The normalized spacial score (nSPS) is 60.8. The molecule has 9 atom stereocenters. The van der Waals surface area contributed by atoms with Crippen molar-refractivity contribution in [3.8, 4) is 0 Å². The van der Waals surface area contributed by atoms with E-state index in [0.29, 0.717) is 12.0 Å². The minimum Gasteiger partial charge on any atom is -0.393 e. The van der Waals surface area contributed by atoms with Crippen LogP contribution in [0.2, 0.25) is 0 Å². The van der Waals surface area contributed by atoms with E-state index >= 15 is 0 Å². The summed E-state index contributed by atoms with van der Waals surface area (Å²) in [6.07, 6.45) is 2.74. The van der Waals surface area contributed by atoms with Crippen LogP contribution in [-0.2, 0) is 4.74 Å². The summed E-state index contributed by atoms with van der Waals surface area (Å²) >= 11 is 0. The van der Waals surface area contributed by atoms with Crippen LogP contribution in [0.3, 0.4) is 0 Å². The van der Waals surface area contributed by atoms with Gasteiger partial charge in [0.2, 0.25) is 0 Å². The monoisotopic (exact) mass is 250 g/mol. The molecule has 18 heavy (non-hydrogen) atoms. The first-order valence-corrected chi connectivity index (χ1v) is 7.74. The van der Waals surface area contributed by atoms with Crippen LogP contribution in [0, 0.1) is 41.4 Å². The van der Waals surface area contributed by atoms with Crippen molar-refractivity contribution < 1.29 is 9.84 Å². The Morgan fingerprint density at radius 2 is 1.56 bits per heavy atom. The number of rotatable bonds is 1. The largest absolute Gasteiger partial charge is 0.393 e. The molecule has 102 valence electrons. The van der Waals surface area contributed by atoms with Gasteiger partial charge in [0, 0.05) is 0 Å². The molecule has 0 spiro atoms. The zero-order chi connectivity index (χ0) is 12.8. The summed E-state index contributed by atoms with van der Waals surface area (Å²) in [5, 5.41) is 10.2. The molecule has 5 rings (SSSR count). The van der Waals surface area contributed by atoms with E-state index in [4.69, 9.17) is 4.74 Å². The van der Waals surface area contributed by atoms with Gasteiger partial charge in [-0.2, -0.15) is 0 Å². The highest BCUT2D eigenvalue weighted by molar-refractivity contribution is 5.26. The van der Waals surface area contributed by atoms with Crippen LogP contribution in [0.5, 0.6) is 0 Å². The molecule has 5 saturated carbocycles. The minimum absolute atomic E-state index is 0.0112. The average molecular weight is 250 g/mol. The van der Waals surface area contributed by atoms with Crippen LogP contribution >= 0.6 is 0 Å². The molecule has 5 aliphatic rings. The molecule has 0 unspecified atom stereocenters. The zero-order valence-corrected chi connectivity index (χ0v) is 12.0. The molecule has 6 bridgehead atoms. The molecule has 0 saturated heterocycles. The van der Waals surface area contributed by atoms with Crippen molar-refractivity contribution in [1.29, 1.82) is 0 Å². The van der Waals surface area contributed by atoms with Gasteiger partial charge >= 0.3 is 0 Å². The topological polar surface area (TPSA) is 29.5 Å². The fourth-order valence-electron chi connectivity index (χ4n) is 5.83. The Bertz CT molecular complexity index is 348. The van der Waals surface area contributed by atoms with Gasteiger partial charge in [-0.3, -0.25) is 0 Å². The maximum absolute atomic E-state index is 10.2. The Hall–Kier alpha value is -0.0800. The number of hydrogen-bond donors (Lipinski definition) is 1. The fraction of sp³-hybridized carbons (Fsp3) is 1.00. The van der Waals surface area contributed by atoms with Crippen molar-refractivity contribution in [2.75, 3.05) is 0 Å². The molecule has 0 aromatic carbocycles.